The summed E-state index contributed by atoms with van der Waals surface area (Å²) >= 11 is 1.96. The van der Waals surface area contributed by atoms with Gasteiger partial charge in [-0.05, 0) is 54.8 Å². The quantitative estimate of drug-likeness (QED) is 0.743. The Kier molecular flexibility index (Phi) is 7.00. The molecular weight excluding hydrogens is 340 g/mol. The molecule has 0 heterocycles. The van der Waals surface area contributed by atoms with Crippen molar-refractivity contribution in [2.24, 2.45) is 0 Å². The average Bonchev–Trinajstić information content (AvgIpc) is 3.04. The van der Waals surface area contributed by atoms with Crippen molar-refractivity contribution in [2.45, 2.75) is 42.2 Å². The number of carbonyl (C=O) groups is 1. The van der Waals surface area contributed by atoms with Crippen molar-refractivity contribution < 1.29 is 4.79 Å². The average molecular weight is 363 g/mol. The molecule has 3 N–H and O–H groups in total. The second kappa shape index (κ2) is 9.00. The maximum absolute atomic E-state index is 12.1. The van der Waals surface area contributed by atoms with Gasteiger partial charge in [-0.1, -0.05) is 25.0 Å². The van der Waals surface area contributed by atoms with Crippen LogP contribution in [0.25, 0.3) is 0 Å². The van der Waals surface area contributed by atoms with E-state index < -0.39 is 0 Å². The van der Waals surface area contributed by atoms with E-state index in [1.165, 1.54) is 30.6 Å². The van der Waals surface area contributed by atoms with E-state index in [0.717, 1.165) is 16.5 Å². The molecule has 0 atom stereocenters. The second-order valence-electron chi connectivity index (χ2n) is 6.02. The number of halogens is 1. The number of rotatable bonds is 5. The summed E-state index contributed by atoms with van der Waals surface area (Å²) in [4.78, 5) is 13.4. The molecule has 5 heteroatoms. The summed E-state index contributed by atoms with van der Waals surface area (Å²) in [7, 11) is 0. The third kappa shape index (κ3) is 5.46. The van der Waals surface area contributed by atoms with E-state index in [1.807, 2.05) is 48.2 Å². The van der Waals surface area contributed by atoms with E-state index >= 15 is 0 Å². The Bertz CT molecular complexity index is 652. The smallest absolute Gasteiger partial charge is 0.228 e. The lowest BCUT2D eigenvalue weighted by Gasteiger charge is -2.10. The molecule has 1 aliphatic rings. The van der Waals surface area contributed by atoms with Crippen molar-refractivity contribution in [1.82, 2.24) is 0 Å². The van der Waals surface area contributed by atoms with Crippen LogP contribution in [0, 0.1) is 0 Å². The number of hydrogen-bond acceptors (Lipinski definition) is 3. The molecule has 2 aromatic rings. The van der Waals surface area contributed by atoms with Crippen LogP contribution >= 0.6 is 24.2 Å². The summed E-state index contributed by atoms with van der Waals surface area (Å²) in [6.07, 6.45) is 5.72. The topological polar surface area (TPSA) is 55.1 Å². The van der Waals surface area contributed by atoms with Gasteiger partial charge in [0, 0.05) is 21.5 Å². The van der Waals surface area contributed by atoms with Crippen molar-refractivity contribution in [3.05, 3.63) is 54.1 Å². The van der Waals surface area contributed by atoms with Gasteiger partial charge in [-0.25, -0.2) is 0 Å². The Morgan fingerprint density at radius 3 is 2.29 bits per heavy atom. The van der Waals surface area contributed by atoms with Crippen molar-refractivity contribution in [3.8, 4) is 0 Å². The van der Waals surface area contributed by atoms with Crippen LogP contribution in [-0.4, -0.2) is 11.2 Å². The highest BCUT2D eigenvalue weighted by molar-refractivity contribution is 8.00. The van der Waals surface area contributed by atoms with Crippen LogP contribution in [-0.2, 0) is 11.2 Å². The molecule has 0 radical (unpaired) electrons. The number of hydrogen-bond donors (Lipinski definition) is 2. The van der Waals surface area contributed by atoms with Gasteiger partial charge in [-0.15, -0.1) is 24.2 Å². The lowest BCUT2D eigenvalue weighted by atomic mass is 10.1. The van der Waals surface area contributed by atoms with Gasteiger partial charge in [0.05, 0.1) is 6.42 Å². The monoisotopic (exact) mass is 362 g/mol. The number of nitrogens with one attached hydrogen (secondary N) is 1. The molecule has 0 aromatic heterocycles. The molecular formula is C19H23ClN2OS. The minimum absolute atomic E-state index is 0. The minimum Gasteiger partial charge on any atom is -0.399 e. The van der Waals surface area contributed by atoms with Gasteiger partial charge in [0.2, 0.25) is 5.91 Å². The summed E-state index contributed by atoms with van der Waals surface area (Å²) < 4.78 is 0. The summed E-state index contributed by atoms with van der Waals surface area (Å²) in [6, 6.07) is 15.6. The Balaban J connectivity index is 0.00000208. The molecule has 0 bridgehead atoms. The highest BCUT2D eigenvalue weighted by atomic mass is 35.5. The molecule has 3 rings (SSSR count). The molecule has 0 saturated heterocycles. The normalized spacial score (nSPS) is 14.2. The first kappa shape index (κ1) is 18.7. The number of carbonyl (C=O) groups excluding carboxylic acids is 1. The first-order valence-electron chi connectivity index (χ1n) is 8.10. The molecule has 128 valence electrons. The van der Waals surface area contributed by atoms with E-state index in [-0.39, 0.29) is 18.3 Å². The number of benzene rings is 2. The maximum Gasteiger partial charge on any atom is 0.228 e. The SMILES string of the molecule is Cl.Nc1ccc(CC(=O)Nc2ccc(SC3CCCC3)cc2)cc1. The lowest BCUT2D eigenvalue weighted by Crippen LogP contribution is -2.14. The zero-order valence-corrected chi connectivity index (χ0v) is 15.2. The lowest BCUT2D eigenvalue weighted by molar-refractivity contribution is -0.115. The van der Waals surface area contributed by atoms with E-state index in [1.54, 1.807) is 0 Å². The summed E-state index contributed by atoms with van der Waals surface area (Å²) in [6.45, 7) is 0. The van der Waals surface area contributed by atoms with E-state index in [0.29, 0.717) is 12.1 Å². The molecule has 3 nitrogen and oxygen atoms in total. The Morgan fingerprint density at radius 1 is 1.04 bits per heavy atom. The van der Waals surface area contributed by atoms with Gasteiger partial charge >= 0.3 is 0 Å². The predicted octanol–water partition coefficient (Wildman–Crippen LogP) is 4.91. The van der Waals surface area contributed by atoms with E-state index in [9.17, 15) is 4.79 Å². The third-order valence-corrected chi connectivity index (χ3v) is 5.44. The van der Waals surface area contributed by atoms with Gasteiger partial charge in [-0.3, -0.25) is 4.79 Å². The molecule has 0 unspecified atom stereocenters. The predicted molar refractivity (Wildman–Crippen MR) is 105 cm³/mol. The van der Waals surface area contributed by atoms with Crippen LogP contribution in [0.4, 0.5) is 11.4 Å². The van der Waals surface area contributed by atoms with Crippen LogP contribution < -0.4 is 11.1 Å². The second-order valence-corrected chi connectivity index (χ2v) is 7.39. The molecule has 24 heavy (non-hydrogen) atoms. The number of anilines is 2. The molecule has 1 amide bonds. The number of thioether (sulfide) groups is 1. The van der Waals surface area contributed by atoms with Crippen molar-refractivity contribution in [3.63, 3.8) is 0 Å². The van der Waals surface area contributed by atoms with Crippen molar-refractivity contribution >= 4 is 41.5 Å². The first-order valence-corrected chi connectivity index (χ1v) is 8.98. The highest BCUT2D eigenvalue weighted by Gasteiger charge is 2.15. The zero-order valence-electron chi connectivity index (χ0n) is 13.5. The number of nitrogens with two attached hydrogens (primary N) is 1. The zero-order chi connectivity index (χ0) is 16.1. The number of nitrogen functional groups attached to an aromatic ring is 1. The van der Waals surface area contributed by atoms with E-state index in [4.69, 9.17) is 5.73 Å². The van der Waals surface area contributed by atoms with E-state index in [2.05, 4.69) is 17.4 Å². The fraction of sp³-hybridized carbons (Fsp3) is 0.316. The van der Waals surface area contributed by atoms with Crippen LogP contribution in [0.3, 0.4) is 0 Å². The Labute approximate surface area is 153 Å². The van der Waals surface area contributed by atoms with Gasteiger partial charge in [0.15, 0.2) is 0 Å². The van der Waals surface area contributed by atoms with Gasteiger partial charge in [-0.2, -0.15) is 0 Å². The molecule has 1 fully saturated rings. The summed E-state index contributed by atoms with van der Waals surface area (Å²) in [5, 5.41) is 3.71. The standard InChI is InChI=1S/C19H22N2OS.ClH/c20-15-7-5-14(6-8-15)13-19(22)21-16-9-11-18(12-10-16)23-17-3-1-2-4-17;/h5-12,17H,1-4,13,20H2,(H,21,22);1H. The minimum atomic E-state index is -0.00836. The molecule has 0 aliphatic heterocycles. The number of amides is 1. The molecule has 0 spiro atoms. The summed E-state index contributed by atoms with van der Waals surface area (Å²) in [5.74, 6) is -0.00836. The Hall–Kier alpha value is -1.65. The van der Waals surface area contributed by atoms with Crippen molar-refractivity contribution in [2.75, 3.05) is 11.1 Å². The maximum atomic E-state index is 12.1. The Morgan fingerprint density at radius 2 is 1.67 bits per heavy atom. The van der Waals surface area contributed by atoms with Crippen molar-refractivity contribution in [1.29, 1.82) is 0 Å². The highest BCUT2D eigenvalue weighted by Crippen LogP contribution is 2.34. The summed E-state index contributed by atoms with van der Waals surface area (Å²) in [5.41, 5.74) is 8.17. The molecule has 1 saturated carbocycles. The fourth-order valence-corrected chi connectivity index (χ4v) is 4.09. The fourth-order valence-electron chi connectivity index (χ4n) is 2.84. The van der Waals surface area contributed by atoms with Gasteiger partial charge in [0.1, 0.15) is 0 Å². The molecule has 1 aliphatic carbocycles. The van der Waals surface area contributed by atoms with Crippen LogP contribution in [0.15, 0.2) is 53.4 Å². The van der Waals surface area contributed by atoms with Crippen LogP contribution in [0.2, 0.25) is 0 Å². The van der Waals surface area contributed by atoms with Gasteiger partial charge < -0.3 is 11.1 Å². The van der Waals surface area contributed by atoms with Gasteiger partial charge in [0.25, 0.3) is 0 Å². The first-order chi connectivity index (χ1) is 11.2. The third-order valence-electron chi connectivity index (χ3n) is 4.09. The van der Waals surface area contributed by atoms with Crippen LogP contribution in [0.5, 0.6) is 0 Å². The molecule has 2 aromatic carbocycles. The largest absolute Gasteiger partial charge is 0.399 e. The van der Waals surface area contributed by atoms with Crippen LogP contribution in [0.1, 0.15) is 31.2 Å².